The number of halogens is 1. The predicted molar refractivity (Wildman–Crippen MR) is 57.5 cm³/mol. The Morgan fingerprint density at radius 3 is 2.83 bits per heavy atom. The first-order valence-electron chi connectivity index (χ1n) is 5.03. The summed E-state index contributed by atoms with van der Waals surface area (Å²) in [5.74, 6) is -0.252. The molecule has 8 heteroatoms. The third-order valence-corrected chi connectivity index (χ3v) is 2.79. The quantitative estimate of drug-likeness (QED) is 0.607. The average molecular weight is 258 g/mol. The van der Waals surface area contributed by atoms with Crippen LogP contribution in [-0.2, 0) is 4.74 Å². The molecule has 0 bridgehead atoms. The monoisotopic (exact) mass is 258 g/mol. The molecule has 0 saturated carbocycles. The van der Waals surface area contributed by atoms with Gasteiger partial charge in [-0.15, -0.1) is 0 Å². The lowest BCUT2D eigenvalue weighted by molar-refractivity contribution is -0.119. The summed E-state index contributed by atoms with van der Waals surface area (Å²) in [4.78, 5) is 24.4. The zero-order valence-corrected chi connectivity index (χ0v) is 9.17. The van der Waals surface area contributed by atoms with Gasteiger partial charge in [0.1, 0.15) is 18.5 Å². The fraction of sp³-hybridized carbons (Fsp3) is 0.400. The van der Waals surface area contributed by atoms with E-state index in [9.17, 15) is 24.2 Å². The van der Waals surface area contributed by atoms with Gasteiger partial charge in [-0.05, 0) is 0 Å². The molecular weight excluding hydrogens is 247 g/mol. The summed E-state index contributed by atoms with van der Waals surface area (Å²) in [5.41, 5.74) is -3.85. The van der Waals surface area contributed by atoms with Gasteiger partial charge < -0.3 is 14.9 Å². The Morgan fingerprint density at radius 2 is 2.28 bits per heavy atom. The number of nitrogens with zero attached hydrogens (tertiary/aromatic N) is 1. The van der Waals surface area contributed by atoms with Crippen LogP contribution >= 0.6 is 0 Å². The van der Waals surface area contributed by atoms with E-state index in [0.29, 0.717) is 0 Å². The molecule has 3 N–H and O–H groups in total. The minimum Gasteiger partial charge on any atom is -0.469 e. The molecule has 1 aliphatic heterocycles. The van der Waals surface area contributed by atoms with E-state index in [-0.39, 0.29) is 5.76 Å². The first-order chi connectivity index (χ1) is 8.40. The molecule has 0 radical (unpaired) electrons. The van der Waals surface area contributed by atoms with E-state index >= 15 is 0 Å². The van der Waals surface area contributed by atoms with Crippen LogP contribution in [0.4, 0.5) is 4.39 Å². The molecular formula is C10H11FN2O5. The van der Waals surface area contributed by atoms with Crippen molar-refractivity contribution in [2.45, 2.75) is 17.9 Å². The van der Waals surface area contributed by atoms with Crippen LogP contribution < -0.4 is 11.2 Å². The lowest BCUT2D eigenvalue weighted by atomic mass is 9.98. The highest BCUT2D eigenvalue weighted by Crippen LogP contribution is 2.39. The molecule has 2 rings (SSSR count). The van der Waals surface area contributed by atoms with Gasteiger partial charge in [0.2, 0.25) is 6.23 Å². The number of aromatic amines is 1. The van der Waals surface area contributed by atoms with Crippen LogP contribution in [0.1, 0.15) is 6.23 Å². The maximum atomic E-state index is 12.9. The molecule has 0 spiro atoms. The highest BCUT2D eigenvalue weighted by Gasteiger charge is 2.54. The van der Waals surface area contributed by atoms with Gasteiger partial charge in [-0.3, -0.25) is 14.3 Å². The Morgan fingerprint density at radius 1 is 1.61 bits per heavy atom. The van der Waals surface area contributed by atoms with E-state index in [4.69, 9.17) is 4.74 Å². The number of aromatic nitrogens is 2. The summed E-state index contributed by atoms with van der Waals surface area (Å²) < 4.78 is 18.7. The summed E-state index contributed by atoms with van der Waals surface area (Å²) in [5, 5.41) is 19.6. The van der Waals surface area contributed by atoms with E-state index in [0.717, 1.165) is 16.8 Å². The fourth-order valence-electron chi connectivity index (χ4n) is 1.77. The topological polar surface area (TPSA) is 105 Å². The number of aliphatic hydroxyl groups excluding tert-OH is 1. The number of aliphatic hydroxyl groups is 2. The highest BCUT2D eigenvalue weighted by atomic mass is 19.1. The molecule has 18 heavy (non-hydrogen) atoms. The Balaban J connectivity index is 2.53. The molecule has 0 amide bonds. The SMILES string of the molecule is C=C1OC(n2ccc(=O)[nH]c2=O)C(O)(CF)C1O. The van der Waals surface area contributed by atoms with Crippen molar-refractivity contribution >= 4 is 0 Å². The number of alkyl halides is 1. The third kappa shape index (κ3) is 1.66. The van der Waals surface area contributed by atoms with E-state index in [1.807, 2.05) is 4.98 Å². The van der Waals surface area contributed by atoms with Gasteiger partial charge in [-0.1, -0.05) is 6.58 Å². The normalized spacial score (nSPS) is 31.4. The number of nitrogens with one attached hydrogen (secondary N) is 1. The first-order valence-corrected chi connectivity index (χ1v) is 5.03. The molecule has 1 aromatic heterocycles. The second-order valence-corrected chi connectivity index (χ2v) is 3.98. The zero-order chi connectivity index (χ0) is 13.5. The summed E-state index contributed by atoms with van der Waals surface area (Å²) in [7, 11) is 0. The average Bonchev–Trinajstić information content (AvgIpc) is 2.55. The number of hydrogen-bond donors (Lipinski definition) is 3. The molecule has 3 unspecified atom stereocenters. The summed E-state index contributed by atoms with van der Waals surface area (Å²) >= 11 is 0. The molecule has 7 nitrogen and oxygen atoms in total. The Kier molecular flexibility index (Phi) is 2.83. The van der Waals surface area contributed by atoms with Crippen molar-refractivity contribution in [3.05, 3.63) is 45.4 Å². The number of ether oxygens (including phenoxy) is 1. The van der Waals surface area contributed by atoms with Crippen molar-refractivity contribution in [2.75, 3.05) is 6.67 Å². The van der Waals surface area contributed by atoms with Crippen molar-refractivity contribution < 1.29 is 19.3 Å². The van der Waals surface area contributed by atoms with Gasteiger partial charge in [0, 0.05) is 12.3 Å². The summed E-state index contributed by atoms with van der Waals surface area (Å²) in [6, 6.07) is 1.01. The lowest BCUT2D eigenvalue weighted by Crippen LogP contribution is -2.49. The largest absolute Gasteiger partial charge is 0.469 e. The fourth-order valence-corrected chi connectivity index (χ4v) is 1.77. The number of H-pyrrole nitrogens is 1. The first kappa shape index (κ1) is 12.5. The van der Waals surface area contributed by atoms with Crippen LogP contribution in [0.5, 0.6) is 0 Å². The van der Waals surface area contributed by atoms with E-state index < -0.39 is 35.9 Å². The van der Waals surface area contributed by atoms with Crippen LogP contribution in [0.3, 0.4) is 0 Å². The maximum absolute atomic E-state index is 12.9. The molecule has 1 aromatic rings. The van der Waals surface area contributed by atoms with Crippen molar-refractivity contribution in [1.82, 2.24) is 9.55 Å². The molecule has 2 heterocycles. The van der Waals surface area contributed by atoms with E-state index in [2.05, 4.69) is 6.58 Å². The van der Waals surface area contributed by atoms with Crippen LogP contribution in [0.25, 0.3) is 0 Å². The smallest absolute Gasteiger partial charge is 0.331 e. The van der Waals surface area contributed by atoms with Crippen LogP contribution in [0, 0.1) is 0 Å². The van der Waals surface area contributed by atoms with E-state index in [1.54, 1.807) is 0 Å². The molecule has 1 aliphatic rings. The van der Waals surface area contributed by atoms with Crippen molar-refractivity contribution in [3.8, 4) is 0 Å². The van der Waals surface area contributed by atoms with Crippen LogP contribution in [0.2, 0.25) is 0 Å². The van der Waals surface area contributed by atoms with Crippen molar-refractivity contribution in [3.63, 3.8) is 0 Å². The highest BCUT2D eigenvalue weighted by molar-refractivity contribution is 5.13. The van der Waals surface area contributed by atoms with Gasteiger partial charge >= 0.3 is 5.69 Å². The Bertz CT molecular complexity index is 594. The van der Waals surface area contributed by atoms with Crippen molar-refractivity contribution in [1.29, 1.82) is 0 Å². The molecule has 1 saturated heterocycles. The Labute approximate surface area is 99.8 Å². The van der Waals surface area contributed by atoms with Crippen molar-refractivity contribution in [2.24, 2.45) is 0 Å². The summed E-state index contributed by atoms with van der Waals surface area (Å²) in [6.07, 6.45) is -2.11. The van der Waals surface area contributed by atoms with E-state index in [1.165, 1.54) is 0 Å². The van der Waals surface area contributed by atoms with Gasteiger partial charge in [-0.25, -0.2) is 9.18 Å². The zero-order valence-electron chi connectivity index (χ0n) is 9.17. The number of hydrogen-bond acceptors (Lipinski definition) is 5. The van der Waals surface area contributed by atoms with Gasteiger partial charge in [0.15, 0.2) is 5.60 Å². The van der Waals surface area contributed by atoms with Gasteiger partial charge in [-0.2, -0.15) is 0 Å². The minimum absolute atomic E-state index is 0.252. The molecule has 1 fully saturated rings. The second kappa shape index (κ2) is 4.07. The third-order valence-electron chi connectivity index (χ3n) is 2.79. The van der Waals surface area contributed by atoms with Gasteiger partial charge in [0.25, 0.3) is 5.56 Å². The molecule has 0 aliphatic carbocycles. The van der Waals surface area contributed by atoms with Crippen LogP contribution in [0.15, 0.2) is 34.2 Å². The maximum Gasteiger partial charge on any atom is 0.331 e. The summed E-state index contributed by atoms with van der Waals surface area (Å²) in [6.45, 7) is 1.97. The number of rotatable bonds is 2. The standard InChI is InChI=1S/C10H11FN2O5/c1-5-7(15)10(17,4-11)8(18-5)13-3-2-6(14)12-9(13)16/h2-3,7-8,15,17H,1,4H2,(H,12,14,16). The second-order valence-electron chi connectivity index (χ2n) is 3.98. The molecule has 98 valence electrons. The van der Waals surface area contributed by atoms with Crippen LogP contribution in [-0.4, -0.2) is 38.1 Å². The van der Waals surface area contributed by atoms with Gasteiger partial charge in [0.05, 0.1) is 0 Å². The molecule has 0 aromatic carbocycles. The lowest BCUT2D eigenvalue weighted by Gasteiger charge is -2.27. The Hall–Kier alpha value is -1.93. The predicted octanol–water partition coefficient (Wildman–Crippen LogP) is -1.36. The molecule has 3 atom stereocenters. The minimum atomic E-state index is -2.32.